The van der Waals surface area contributed by atoms with Crippen molar-refractivity contribution in [2.24, 2.45) is 0 Å². The van der Waals surface area contributed by atoms with Crippen LogP contribution in [0.5, 0.6) is 0 Å². The third-order valence-corrected chi connectivity index (χ3v) is 2.10. The van der Waals surface area contributed by atoms with Crippen LogP contribution in [0.1, 0.15) is 26.5 Å². The van der Waals surface area contributed by atoms with Gasteiger partial charge in [0.1, 0.15) is 11.8 Å². The molecule has 0 aromatic carbocycles. The zero-order chi connectivity index (χ0) is 11.1. The SMILES string of the molecule is CC(C)(C)c1coc(-c2cnoc2N)n1. The van der Waals surface area contributed by atoms with Gasteiger partial charge in [-0.1, -0.05) is 25.9 Å². The molecule has 80 valence electrons. The van der Waals surface area contributed by atoms with Crippen LogP contribution in [0.2, 0.25) is 0 Å². The summed E-state index contributed by atoms with van der Waals surface area (Å²) in [6.07, 6.45) is 3.12. The minimum atomic E-state index is -0.0479. The standard InChI is InChI=1S/C10H13N3O2/c1-10(2,3)7-5-14-9(13-7)6-4-12-15-8(6)11/h4-5H,11H2,1-3H3. The van der Waals surface area contributed by atoms with Gasteiger partial charge in [0.05, 0.1) is 11.9 Å². The number of nitrogens with zero attached hydrogens (tertiary/aromatic N) is 2. The van der Waals surface area contributed by atoms with E-state index in [9.17, 15) is 0 Å². The van der Waals surface area contributed by atoms with E-state index in [1.165, 1.54) is 6.20 Å². The first-order valence-electron chi connectivity index (χ1n) is 4.65. The van der Waals surface area contributed by atoms with Gasteiger partial charge in [-0.25, -0.2) is 4.98 Å². The molecule has 0 aliphatic rings. The number of oxazole rings is 1. The topological polar surface area (TPSA) is 78.1 Å². The molecular weight excluding hydrogens is 194 g/mol. The summed E-state index contributed by atoms with van der Waals surface area (Å²) in [5, 5.41) is 3.57. The molecular formula is C10H13N3O2. The van der Waals surface area contributed by atoms with Crippen molar-refractivity contribution in [3.05, 3.63) is 18.2 Å². The molecule has 2 aromatic heterocycles. The molecule has 0 amide bonds. The van der Waals surface area contributed by atoms with E-state index in [-0.39, 0.29) is 11.3 Å². The number of nitrogen functional groups attached to an aromatic ring is 1. The van der Waals surface area contributed by atoms with Crippen LogP contribution in [0.3, 0.4) is 0 Å². The Bertz CT molecular complexity index is 465. The quantitative estimate of drug-likeness (QED) is 0.775. The molecule has 0 spiro atoms. The van der Waals surface area contributed by atoms with Gasteiger partial charge in [0.15, 0.2) is 0 Å². The van der Waals surface area contributed by atoms with Crippen molar-refractivity contribution in [3.63, 3.8) is 0 Å². The lowest BCUT2D eigenvalue weighted by atomic mass is 9.93. The second kappa shape index (κ2) is 3.12. The van der Waals surface area contributed by atoms with E-state index in [2.05, 4.69) is 30.9 Å². The lowest BCUT2D eigenvalue weighted by Crippen LogP contribution is -2.11. The van der Waals surface area contributed by atoms with Crippen LogP contribution in [0, 0.1) is 0 Å². The molecule has 15 heavy (non-hydrogen) atoms. The van der Waals surface area contributed by atoms with Crippen molar-refractivity contribution in [3.8, 4) is 11.5 Å². The van der Waals surface area contributed by atoms with Gasteiger partial charge in [0, 0.05) is 5.41 Å². The molecule has 0 saturated carbocycles. The largest absolute Gasteiger partial charge is 0.444 e. The first-order valence-corrected chi connectivity index (χ1v) is 4.65. The molecule has 5 nitrogen and oxygen atoms in total. The Balaban J connectivity index is 2.41. The highest BCUT2D eigenvalue weighted by molar-refractivity contribution is 5.64. The summed E-state index contributed by atoms with van der Waals surface area (Å²) in [6.45, 7) is 6.18. The van der Waals surface area contributed by atoms with Gasteiger partial charge >= 0.3 is 0 Å². The second-order valence-electron chi connectivity index (χ2n) is 4.39. The van der Waals surface area contributed by atoms with Gasteiger partial charge in [-0.2, -0.15) is 0 Å². The Kier molecular flexibility index (Phi) is 2.03. The Morgan fingerprint density at radius 3 is 2.53 bits per heavy atom. The molecule has 0 radical (unpaired) electrons. The molecule has 0 aliphatic carbocycles. The third-order valence-electron chi connectivity index (χ3n) is 2.10. The van der Waals surface area contributed by atoms with Crippen molar-refractivity contribution in [2.75, 3.05) is 5.73 Å². The molecule has 0 aliphatic heterocycles. The molecule has 2 aromatic rings. The van der Waals surface area contributed by atoms with Crippen molar-refractivity contribution in [1.82, 2.24) is 10.1 Å². The van der Waals surface area contributed by atoms with Gasteiger partial charge in [-0.3, -0.25) is 0 Å². The molecule has 0 bridgehead atoms. The molecule has 0 unspecified atom stereocenters. The maximum atomic E-state index is 5.56. The van der Waals surface area contributed by atoms with Crippen LogP contribution in [-0.4, -0.2) is 10.1 Å². The smallest absolute Gasteiger partial charge is 0.234 e. The maximum Gasteiger partial charge on any atom is 0.234 e. The van der Waals surface area contributed by atoms with Crippen molar-refractivity contribution >= 4 is 5.88 Å². The van der Waals surface area contributed by atoms with Crippen LogP contribution in [0.15, 0.2) is 21.4 Å². The number of nitrogens with two attached hydrogens (primary N) is 1. The first kappa shape index (κ1) is 9.76. The lowest BCUT2D eigenvalue weighted by Gasteiger charge is -2.12. The highest BCUT2D eigenvalue weighted by Gasteiger charge is 2.21. The normalized spacial score (nSPS) is 11.9. The van der Waals surface area contributed by atoms with E-state index >= 15 is 0 Å². The fourth-order valence-corrected chi connectivity index (χ4v) is 1.15. The summed E-state index contributed by atoms with van der Waals surface area (Å²) < 4.78 is 10.1. The van der Waals surface area contributed by atoms with E-state index in [1.54, 1.807) is 6.26 Å². The average Bonchev–Trinajstić information content (AvgIpc) is 2.69. The van der Waals surface area contributed by atoms with Crippen LogP contribution in [-0.2, 0) is 5.41 Å². The summed E-state index contributed by atoms with van der Waals surface area (Å²) in [7, 11) is 0. The highest BCUT2D eigenvalue weighted by atomic mass is 16.5. The van der Waals surface area contributed by atoms with Gasteiger partial charge < -0.3 is 14.7 Å². The van der Waals surface area contributed by atoms with Crippen LogP contribution in [0.25, 0.3) is 11.5 Å². The molecule has 0 fully saturated rings. The van der Waals surface area contributed by atoms with Gasteiger partial charge in [-0.15, -0.1) is 0 Å². The van der Waals surface area contributed by atoms with Gasteiger partial charge in [-0.05, 0) is 0 Å². The summed E-state index contributed by atoms with van der Waals surface area (Å²) in [5.74, 6) is 0.663. The molecule has 2 rings (SSSR count). The van der Waals surface area contributed by atoms with E-state index in [1.807, 2.05) is 0 Å². The lowest BCUT2D eigenvalue weighted by molar-refractivity contribution is 0.436. The summed E-state index contributed by atoms with van der Waals surface area (Å²) in [5.41, 5.74) is 6.98. The summed E-state index contributed by atoms with van der Waals surface area (Å²) >= 11 is 0. The van der Waals surface area contributed by atoms with Crippen LogP contribution in [0.4, 0.5) is 5.88 Å². The highest BCUT2D eigenvalue weighted by Crippen LogP contribution is 2.28. The zero-order valence-corrected chi connectivity index (χ0v) is 8.94. The Morgan fingerprint density at radius 2 is 2.07 bits per heavy atom. The van der Waals surface area contributed by atoms with Gasteiger partial charge in [0.2, 0.25) is 11.8 Å². The summed E-state index contributed by atoms with van der Waals surface area (Å²) in [4.78, 5) is 4.34. The molecule has 0 atom stereocenters. The molecule has 0 saturated heterocycles. The number of hydrogen-bond acceptors (Lipinski definition) is 5. The van der Waals surface area contributed by atoms with Crippen molar-refractivity contribution in [2.45, 2.75) is 26.2 Å². The van der Waals surface area contributed by atoms with Gasteiger partial charge in [0.25, 0.3) is 0 Å². The number of rotatable bonds is 1. The maximum absolute atomic E-state index is 5.56. The van der Waals surface area contributed by atoms with E-state index in [0.717, 1.165) is 5.69 Å². The fraction of sp³-hybridized carbons (Fsp3) is 0.400. The molecule has 2 heterocycles. The monoisotopic (exact) mass is 207 g/mol. The number of hydrogen-bond donors (Lipinski definition) is 1. The van der Waals surface area contributed by atoms with E-state index < -0.39 is 0 Å². The minimum Gasteiger partial charge on any atom is -0.444 e. The van der Waals surface area contributed by atoms with E-state index in [4.69, 9.17) is 14.7 Å². The number of aromatic nitrogens is 2. The Morgan fingerprint density at radius 1 is 1.33 bits per heavy atom. The fourth-order valence-electron chi connectivity index (χ4n) is 1.15. The predicted octanol–water partition coefficient (Wildman–Crippen LogP) is 2.21. The summed E-state index contributed by atoms with van der Waals surface area (Å²) in [6, 6.07) is 0. The third kappa shape index (κ3) is 1.72. The Labute approximate surface area is 87.3 Å². The minimum absolute atomic E-state index is 0.0479. The van der Waals surface area contributed by atoms with Crippen LogP contribution < -0.4 is 5.73 Å². The average molecular weight is 207 g/mol. The van der Waals surface area contributed by atoms with E-state index in [0.29, 0.717) is 11.5 Å². The molecule has 2 N–H and O–H groups in total. The Hall–Kier alpha value is -1.78. The zero-order valence-electron chi connectivity index (χ0n) is 8.94. The van der Waals surface area contributed by atoms with Crippen molar-refractivity contribution in [1.29, 1.82) is 0 Å². The molecule has 5 heteroatoms. The number of anilines is 1. The van der Waals surface area contributed by atoms with Crippen molar-refractivity contribution < 1.29 is 8.94 Å². The predicted molar refractivity (Wildman–Crippen MR) is 55.1 cm³/mol. The first-order chi connectivity index (χ1) is 6.98. The second-order valence-corrected chi connectivity index (χ2v) is 4.39. The van der Waals surface area contributed by atoms with Crippen LogP contribution >= 0.6 is 0 Å².